The van der Waals surface area contributed by atoms with E-state index >= 15 is 0 Å². The highest BCUT2D eigenvalue weighted by molar-refractivity contribution is 5.73. The molecule has 1 amide bonds. The summed E-state index contributed by atoms with van der Waals surface area (Å²) in [5, 5.41) is 2.85. The van der Waals surface area contributed by atoms with E-state index in [4.69, 9.17) is 14.2 Å². The van der Waals surface area contributed by atoms with Gasteiger partial charge in [-0.3, -0.25) is 9.59 Å². The molecule has 5 atom stereocenters. The Kier molecular flexibility index (Phi) is 10.5. The Morgan fingerprint density at radius 1 is 1.11 bits per heavy atom. The second-order valence-electron chi connectivity index (χ2n) is 7.81. The Bertz CT molecular complexity index is 579. The first-order chi connectivity index (χ1) is 13.1. The Labute approximate surface area is 169 Å². The molecule has 0 aromatic carbocycles. The lowest BCUT2D eigenvalue weighted by Crippen LogP contribution is -2.62. The lowest BCUT2D eigenvalue weighted by Gasteiger charge is -2.44. The molecule has 1 N–H and O–H groups in total. The van der Waals surface area contributed by atoms with Crippen LogP contribution in [-0.2, 0) is 23.8 Å². The number of carbonyl (C=O) groups is 2. The molecule has 1 saturated heterocycles. The van der Waals surface area contributed by atoms with Crippen LogP contribution in [0.25, 0.3) is 0 Å². The predicted octanol–water partition coefficient (Wildman–Crippen LogP) is 3.90. The zero-order valence-electron chi connectivity index (χ0n) is 18.4. The third-order valence-electron chi connectivity index (χ3n) is 4.92. The highest BCUT2D eigenvalue weighted by Crippen LogP contribution is 2.31. The van der Waals surface area contributed by atoms with Gasteiger partial charge in [0.25, 0.3) is 0 Å². The first kappa shape index (κ1) is 24.4. The van der Waals surface area contributed by atoms with Crippen molar-refractivity contribution in [2.75, 3.05) is 6.61 Å². The summed E-state index contributed by atoms with van der Waals surface area (Å²) in [5.41, 5.74) is 2.55. The number of amides is 1. The van der Waals surface area contributed by atoms with Crippen molar-refractivity contribution in [1.29, 1.82) is 0 Å². The Morgan fingerprint density at radius 2 is 1.79 bits per heavy atom. The van der Waals surface area contributed by atoms with Crippen LogP contribution >= 0.6 is 0 Å². The Morgan fingerprint density at radius 3 is 2.32 bits per heavy atom. The topological polar surface area (TPSA) is 73.9 Å². The van der Waals surface area contributed by atoms with Crippen LogP contribution in [-0.4, -0.2) is 43.0 Å². The van der Waals surface area contributed by atoms with Crippen molar-refractivity contribution in [3.63, 3.8) is 0 Å². The molecule has 0 saturated carbocycles. The van der Waals surface area contributed by atoms with E-state index in [9.17, 15) is 9.59 Å². The second-order valence-corrected chi connectivity index (χ2v) is 7.81. The standard InChI is InChI=1S/C22H37NO5/c1-8-19-16(5)21(27-18(7)25)20(23-17(6)24)22(28-19)26-13-12-15(4)11-9-10-14(2)3/h10,12,16,19-22H,8-9,11,13H2,1-7H3,(H,23,24)/b15-12+/t16-,19-,20-,21+,22-/m1/s1. The summed E-state index contributed by atoms with van der Waals surface area (Å²) in [6, 6.07) is -0.543. The summed E-state index contributed by atoms with van der Waals surface area (Å²) >= 11 is 0. The van der Waals surface area contributed by atoms with Crippen LogP contribution in [0, 0.1) is 5.92 Å². The molecule has 1 aliphatic heterocycles. The summed E-state index contributed by atoms with van der Waals surface area (Å²) in [7, 11) is 0. The normalized spacial score (nSPS) is 27.8. The van der Waals surface area contributed by atoms with Gasteiger partial charge < -0.3 is 19.5 Å². The number of hydrogen-bond acceptors (Lipinski definition) is 5. The van der Waals surface area contributed by atoms with E-state index in [1.807, 2.05) is 19.9 Å². The molecule has 0 radical (unpaired) electrons. The molecule has 28 heavy (non-hydrogen) atoms. The summed E-state index contributed by atoms with van der Waals surface area (Å²) < 4.78 is 17.6. The van der Waals surface area contributed by atoms with Crippen molar-refractivity contribution in [3.8, 4) is 0 Å². The molecular weight excluding hydrogens is 358 g/mol. The van der Waals surface area contributed by atoms with E-state index in [1.54, 1.807) is 0 Å². The quantitative estimate of drug-likeness (QED) is 0.473. The monoisotopic (exact) mass is 395 g/mol. The van der Waals surface area contributed by atoms with Crippen LogP contribution in [0.4, 0.5) is 0 Å². The predicted molar refractivity (Wildman–Crippen MR) is 110 cm³/mol. The summed E-state index contributed by atoms with van der Waals surface area (Å²) in [4.78, 5) is 23.3. The molecule has 1 rings (SSSR count). The number of carbonyl (C=O) groups excluding carboxylic acids is 2. The zero-order chi connectivity index (χ0) is 21.3. The fourth-order valence-electron chi connectivity index (χ4n) is 3.42. The van der Waals surface area contributed by atoms with E-state index in [2.05, 4.69) is 32.2 Å². The van der Waals surface area contributed by atoms with Gasteiger partial charge in [-0.05, 0) is 40.0 Å². The van der Waals surface area contributed by atoms with Gasteiger partial charge in [0.15, 0.2) is 6.29 Å². The molecule has 0 aromatic heterocycles. The number of esters is 1. The minimum atomic E-state index is -0.670. The largest absolute Gasteiger partial charge is 0.460 e. The minimum Gasteiger partial charge on any atom is -0.460 e. The lowest BCUT2D eigenvalue weighted by molar-refractivity contribution is -0.250. The number of ether oxygens (including phenoxy) is 3. The molecule has 0 unspecified atom stereocenters. The summed E-state index contributed by atoms with van der Waals surface area (Å²) in [6.07, 6.45) is 5.72. The molecule has 6 heteroatoms. The van der Waals surface area contributed by atoms with Crippen LogP contribution in [0.2, 0.25) is 0 Å². The van der Waals surface area contributed by atoms with E-state index < -0.39 is 18.4 Å². The summed E-state index contributed by atoms with van der Waals surface area (Å²) in [5.74, 6) is -0.639. The third kappa shape index (κ3) is 8.15. The van der Waals surface area contributed by atoms with E-state index in [0.717, 1.165) is 19.3 Å². The lowest BCUT2D eigenvalue weighted by atomic mass is 9.87. The average Bonchev–Trinajstić information content (AvgIpc) is 2.58. The maximum atomic E-state index is 11.7. The molecule has 0 aromatic rings. The van der Waals surface area contributed by atoms with E-state index in [0.29, 0.717) is 6.61 Å². The molecule has 0 spiro atoms. The number of nitrogens with one attached hydrogen (secondary N) is 1. The van der Waals surface area contributed by atoms with Crippen LogP contribution in [0.15, 0.2) is 23.3 Å². The van der Waals surface area contributed by atoms with Gasteiger partial charge in [0.1, 0.15) is 12.1 Å². The Balaban J connectivity index is 2.84. The highest BCUT2D eigenvalue weighted by atomic mass is 16.7. The maximum absolute atomic E-state index is 11.7. The van der Waals surface area contributed by atoms with Gasteiger partial charge in [-0.1, -0.05) is 37.1 Å². The molecule has 0 bridgehead atoms. The van der Waals surface area contributed by atoms with Gasteiger partial charge in [-0.15, -0.1) is 0 Å². The number of hydrogen-bond donors (Lipinski definition) is 1. The van der Waals surface area contributed by atoms with Gasteiger partial charge in [0, 0.05) is 19.8 Å². The molecule has 160 valence electrons. The van der Waals surface area contributed by atoms with Crippen molar-refractivity contribution in [2.24, 2.45) is 5.92 Å². The minimum absolute atomic E-state index is 0.0491. The van der Waals surface area contributed by atoms with Crippen molar-refractivity contribution in [2.45, 2.75) is 92.3 Å². The molecule has 6 nitrogen and oxygen atoms in total. The summed E-state index contributed by atoms with van der Waals surface area (Å²) in [6.45, 7) is 13.4. The maximum Gasteiger partial charge on any atom is 0.302 e. The highest BCUT2D eigenvalue weighted by Gasteiger charge is 2.46. The van der Waals surface area contributed by atoms with Gasteiger partial charge in [-0.25, -0.2) is 0 Å². The first-order valence-corrected chi connectivity index (χ1v) is 10.2. The van der Waals surface area contributed by atoms with Crippen LogP contribution in [0.3, 0.4) is 0 Å². The molecule has 1 fully saturated rings. The fraction of sp³-hybridized carbons (Fsp3) is 0.727. The second kappa shape index (κ2) is 12.0. The van der Waals surface area contributed by atoms with Crippen molar-refractivity contribution in [3.05, 3.63) is 23.3 Å². The van der Waals surface area contributed by atoms with Gasteiger partial charge in [0.05, 0.1) is 12.7 Å². The van der Waals surface area contributed by atoms with Gasteiger partial charge in [-0.2, -0.15) is 0 Å². The van der Waals surface area contributed by atoms with E-state index in [1.165, 1.54) is 25.0 Å². The van der Waals surface area contributed by atoms with E-state index in [-0.39, 0.29) is 23.9 Å². The zero-order valence-corrected chi connectivity index (χ0v) is 18.4. The SMILES string of the molecule is CC[C@H]1O[C@@H](OC/C=C(\C)CCC=C(C)C)[C@H](NC(C)=O)[C@@H](OC(C)=O)[C@@H]1C. The van der Waals surface area contributed by atoms with Crippen LogP contribution in [0.5, 0.6) is 0 Å². The molecule has 1 heterocycles. The Hall–Kier alpha value is -1.66. The van der Waals surface area contributed by atoms with Crippen molar-refractivity contribution < 1.29 is 23.8 Å². The first-order valence-electron chi connectivity index (χ1n) is 10.2. The number of allylic oxidation sites excluding steroid dienone is 3. The smallest absolute Gasteiger partial charge is 0.302 e. The molecule has 1 aliphatic rings. The average molecular weight is 396 g/mol. The number of rotatable bonds is 9. The van der Waals surface area contributed by atoms with Crippen molar-refractivity contribution >= 4 is 11.9 Å². The molecule has 0 aliphatic carbocycles. The van der Waals surface area contributed by atoms with Crippen LogP contribution in [0.1, 0.15) is 67.7 Å². The van der Waals surface area contributed by atoms with Crippen LogP contribution < -0.4 is 5.32 Å². The third-order valence-corrected chi connectivity index (χ3v) is 4.92. The van der Waals surface area contributed by atoms with Gasteiger partial charge in [0.2, 0.25) is 5.91 Å². The van der Waals surface area contributed by atoms with Crippen molar-refractivity contribution in [1.82, 2.24) is 5.32 Å². The fourth-order valence-corrected chi connectivity index (χ4v) is 3.42. The molecular formula is C22H37NO5. The van der Waals surface area contributed by atoms with Gasteiger partial charge >= 0.3 is 5.97 Å².